The molecular weight excluding hydrogens is 326 g/mol. The Morgan fingerprint density at radius 2 is 1.36 bits per heavy atom. The number of hydrogen-bond acceptors (Lipinski definition) is 1. The Bertz CT molecular complexity index is 375. The highest BCUT2D eigenvalue weighted by Gasteiger charge is 2.02. The Kier molecular flexibility index (Phi) is 20.7. The van der Waals surface area contributed by atoms with Crippen LogP contribution in [-0.2, 0) is 0 Å². The Labute approximate surface area is 164 Å². The van der Waals surface area contributed by atoms with Gasteiger partial charge >= 0.3 is 0 Å². The zero-order chi connectivity index (χ0) is 18.0. The largest absolute Gasteiger partial charge is 0.307 e. The number of rotatable bonds is 12. The van der Waals surface area contributed by atoms with Crippen molar-refractivity contribution in [2.75, 3.05) is 14.1 Å². The van der Waals surface area contributed by atoms with Crippen LogP contribution in [0.15, 0.2) is 36.9 Å². The average molecular weight is 368 g/mol. The normalized spacial score (nSPS) is 11.2. The molecule has 0 aromatic heterocycles. The number of unbranched alkanes of at least 4 members (excludes halogenated alkanes) is 8. The smallest absolute Gasteiger partial charge is 0.00608 e. The van der Waals surface area contributed by atoms with Gasteiger partial charge in [-0.15, -0.1) is 12.4 Å². The van der Waals surface area contributed by atoms with Crippen molar-refractivity contribution >= 4 is 18.5 Å². The maximum Gasteiger partial charge on any atom is 0.00608 e. The molecule has 0 aliphatic carbocycles. The Morgan fingerprint density at radius 1 is 0.880 bits per heavy atom. The van der Waals surface area contributed by atoms with Gasteiger partial charge in [0.2, 0.25) is 0 Å². The summed E-state index contributed by atoms with van der Waals surface area (Å²) in [6, 6.07) is 10.8. The Balaban J connectivity index is 0. The molecule has 0 amide bonds. The molecule has 0 saturated carbocycles. The van der Waals surface area contributed by atoms with Crippen LogP contribution in [0.3, 0.4) is 0 Å². The van der Waals surface area contributed by atoms with Crippen LogP contribution in [0.5, 0.6) is 0 Å². The predicted molar refractivity (Wildman–Crippen MR) is 119 cm³/mol. The van der Waals surface area contributed by atoms with E-state index in [9.17, 15) is 0 Å². The molecule has 1 aromatic carbocycles. The minimum Gasteiger partial charge on any atom is -0.307 e. The van der Waals surface area contributed by atoms with Crippen molar-refractivity contribution in [3.8, 4) is 0 Å². The minimum absolute atomic E-state index is 0. The number of hydrogen-bond donors (Lipinski definition) is 0. The summed E-state index contributed by atoms with van der Waals surface area (Å²) < 4.78 is 0. The van der Waals surface area contributed by atoms with Crippen LogP contribution >= 0.6 is 12.4 Å². The first-order chi connectivity index (χ1) is 11.6. The SMILES string of the molecule is C=Cc1ccccc1.CCCCCCCCCCCC(C)N(C)C.Cl. The lowest BCUT2D eigenvalue weighted by molar-refractivity contribution is 0.291. The minimum atomic E-state index is 0. The lowest BCUT2D eigenvalue weighted by Gasteiger charge is -2.19. The molecule has 1 rings (SSSR count). The van der Waals surface area contributed by atoms with E-state index in [1.807, 2.05) is 36.4 Å². The molecule has 0 fully saturated rings. The summed E-state index contributed by atoms with van der Waals surface area (Å²) >= 11 is 0. The fourth-order valence-electron chi connectivity index (χ4n) is 2.60. The summed E-state index contributed by atoms with van der Waals surface area (Å²) in [6.07, 6.45) is 16.1. The summed E-state index contributed by atoms with van der Waals surface area (Å²) in [6.45, 7) is 8.24. The first kappa shape index (κ1) is 26.4. The molecule has 0 spiro atoms. The van der Waals surface area contributed by atoms with Gasteiger partial charge in [-0.2, -0.15) is 0 Å². The zero-order valence-corrected chi connectivity index (χ0v) is 18.0. The van der Waals surface area contributed by atoms with Crippen molar-refractivity contribution in [2.24, 2.45) is 0 Å². The highest BCUT2D eigenvalue weighted by Crippen LogP contribution is 2.12. The fourth-order valence-corrected chi connectivity index (χ4v) is 2.60. The third-order valence-corrected chi connectivity index (χ3v) is 4.64. The summed E-state index contributed by atoms with van der Waals surface area (Å²) in [7, 11) is 4.36. The summed E-state index contributed by atoms with van der Waals surface area (Å²) in [5.41, 5.74) is 1.17. The van der Waals surface area contributed by atoms with Crippen LogP contribution in [0.4, 0.5) is 0 Å². The van der Waals surface area contributed by atoms with Crippen LogP contribution in [0.25, 0.3) is 6.08 Å². The van der Waals surface area contributed by atoms with Gasteiger partial charge in [0.15, 0.2) is 0 Å². The van der Waals surface area contributed by atoms with Gasteiger partial charge in [0.1, 0.15) is 0 Å². The molecule has 0 N–H and O–H groups in total. The van der Waals surface area contributed by atoms with Gasteiger partial charge < -0.3 is 4.90 Å². The van der Waals surface area contributed by atoms with Crippen molar-refractivity contribution in [3.63, 3.8) is 0 Å². The third-order valence-electron chi connectivity index (χ3n) is 4.64. The quantitative estimate of drug-likeness (QED) is 0.343. The number of nitrogens with zero attached hydrogens (tertiary/aromatic N) is 1. The van der Waals surface area contributed by atoms with Crippen molar-refractivity contribution in [1.29, 1.82) is 0 Å². The highest BCUT2D eigenvalue weighted by atomic mass is 35.5. The molecule has 146 valence electrons. The molecule has 25 heavy (non-hydrogen) atoms. The predicted octanol–water partition coefficient (Wildman–Crippen LogP) is 7.61. The molecule has 0 saturated heterocycles. The Hall–Kier alpha value is -0.790. The fraction of sp³-hybridized carbons (Fsp3) is 0.652. The van der Waals surface area contributed by atoms with E-state index in [4.69, 9.17) is 0 Å². The molecule has 1 nitrogen and oxygen atoms in total. The molecule has 0 heterocycles. The molecule has 0 aliphatic heterocycles. The summed E-state index contributed by atoms with van der Waals surface area (Å²) in [5.74, 6) is 0. The average Bonchev–Trinajstić information content (AvgIpc) is 2.61. The van der Waals surface area contributed by atoms with Crippen molar-refractivity contribution in [3.05, 3.63) is 42.5 Å². The highest BCUT2D eigenvalue weighted by molar-refractivity contribution is 5.85. The van der Waals surface area contributed by atoms with E-state index < -0.39 is 0 Å². The standard InChI is InChI=1S/C15H33N.C8H8.ClH/c1-5-6-7-8-9-10-11-12-13-14-15(2)16(3)4;1-2-8-6-4-3-5-7-8;/h15H,5-14H2,1-4H3;2-7H,1H2;1H. The molecule has 1 unspecified atom stereocenters. The van der Waals surface area contributed by atoms with E-state index in [0.29, 0.717) is 0 Å². The van der Waals surface area contributed by atoms with Crippen molar-refractivity contribution < 1.29 is 0 Å². The van der Waals surface area contributed by atoms with Gasteiger partial charge in [-0.25, -0.2) is 0 Å². The van der Waals surface area contributed by atoms with Gasteiger partial charge in [0.05, 0.1) is 0 Å². The molecular formula is C23H42ClN. The molecule has 0 bridgehead atoms. The zero-order valence-electron chi connectivity index (χ0n) is 17.2. The second kappa shape index (κ2) is 19.5. The molecule has 1 aromatic rings. The van der Waals surface area contributed by atoms with Gasteiger partial charge in [-0.3, -0.25) is 0 Å². The van der Waals surface area contributed by atoms with E-state index in [-0.39, 0.29) is 12.4 Å². The maximum absolute atomic E-state index is 3.63. The lowest BCUT2D eigenvalue weighted by Crippen LogP contribution is -2.24. The van der Waals surface area contributed by atoms with Gasteiger partial charge in [0, 0.05) is 6.04 Å². The maximum atomic E-state index is 3.63. The van der Waals surface area contributed by atoms with Crippen molar-refractivity contribution in [1.82, 2.24) is 4.90 Å². The molecule has 2 heteroatoms. The van der Waals surface area contributed by atoms with E-state index in [1.54, 1.807) is 0 Å². The van der Waals surface area contributed by atoms with Crippen LogP contribution in [0, 0.1) is 0 Å². The first-order valence-electron chi connectivity index (χ1n) is 9.95. The number of benzene rings is 1. The Morgan fingerprint density at radius 3 is 1.76 bits per heavy atom. The molecule has 1 atom stereocenters. The molecule has 0 radical (unpaired) electrons. The van der Waals surface area contributed by atoms with E-state index >= 15 is 0 Å². The van der Waals surface area contributed by atoms with E-state index in [1.165, 1.54) is 69.8 Å². The topological polar surface area (TPSA) is 3.24 Å². The van der Waals surface area contributed by atoms with Gasteiger partial charge in [-0.05, 0) is 33.0 Å². The van der Waals surface area contributed by atoms with E-state index in [0.717, 1.165) is 6.04 Å². The monoisotopic (exact) mass is 367 g/mol. The van der Waals surface area contributed by atoms with E-state index in [2.05, 4.69) is 39.4 Å². The lowest BCUT2D eigenvalue weighted by atomic mass is 10.0. The first-order valence-corrected chi connectivity index (χ1v) is 9.95. The molecule has 0 aliphatic rings. The summed E-state index contributed by atoms with van der Waals surface area (Å²) in [4.78, 5) is 2.32. The van der Waals surface area contributed by atoms with Crippen LogP contribution in [0.2, 0.25) is 0 Å². The summed E-state index contributed by atoms with van der Waals surface area (Å²) in [5, 5.41) is 0. The number of halogens is 1. The van der Waals surface area contributed by atoms with Crippen LogP contribution in [-0.4, -0.2) is 25.0 Å². The van der Waals surface area contributed by atoms with Gasteiger partial charge in [-0.1, -0.05) is 108 Å². The second-order valence-corrected chi connectivity index (χ2v) is 7.04. The van der Waals surface area contributed by atoms with Gasteiger partial charge in [0.25, 0.3) is 0 Å². The third kappa shape index (κ3) is 17.8. The van der Waals surface area contributed by atoms with Crippen molar-refractivity contribution in [2.45, 2.75) is 84.1 Å². The van der Waals surface area contributed by atoms with Crippen LogP contribution < -0.4 is 0 Å². The van der Waals surface area contributed by atoms with Crippen LogP contribution in [0.1, 0.15) is 83.6 Å². The second-order valence-electron chi connectivity index (χ2n) is 7.04.